The lowest BCUT2D eigenvalue weighted by Gasteiger charge is -2.32. The lowest BCUT2D eigenvalue weighted by molar-refractivity contribution is -0.173. The van der Waals surface area contributed by atoms with Crippen LogP contribution in [0.25, 0.3) is 0 Å². The molecule has 0 aliphatic carbocycles. The molecule has 9 heteroatoms. The first-order chi connectivity index (χ1) is 14.1. The summed E-state index contributed by atoms with van der Waals surface area (Å²) in [5.74, 6) is -0.269. The van der Waals surface area contributed by atoms with Crippen LogP contribution in [0.3, 0.4) is 0 Å². The average molecular weight is 423 g/mol. The van der Waals surface area contributed by atoms with Crippen LogP contribution in [0.5, 0.6) is 0 Å². The van der Waals surface area contributed by atoms with Gasteiger partial charge in [0.1, 0.15) is 5.82 Å². The third-order valence-electron chi connectivity index (χ3n) is 5.54. The molecule has 0 radical (unpaired) electrons. The van der Waals surface area contributed by atoms with Gasteiger partial charge < -0.3 is 15.5 Å². The fourth-order valence-electron chi connectivity index (χ4n) is 3.70. The third-order valence-corrected chi connectivity index (χ3v) is 5.54. The van der Waals surface area contributed by atoms with Crippen molar-refractivity contribution in [3.8, 4) is 0 Å². The van der Waals surface area contributed by atoms with Gasteiger partial charge in [0.15, 0.2) is 11.7 Å². The van der Waals surface area contributed by atoms with Crippen molar-refractivity contribution >= 4 is 11.7 Å². The van der Waals surface area contributed by atoms with Gasteiger partial charge >= 0.3 is 6.18 Å². The molecule has 0 unspecified atom stereocenters. The number of aryl methyl sites for hydroxylation is 1. The summed E-state index contributed by atoms with van der Waals surface area (Å²) in [5.41, 5.74) is 2.16. The minimum atomic E-state index is -4.43. The van der Waals surface area contributed by atoms with E-state index in [9.17, 15) is 18.0 Å². The molecule has 1 aromatic heterocycles. The van der Waals surface area contributed by atoms with Gasteiger partial charge in [0, 0.05) is 18.7 Å². The maximum Gasteiger partial charge on any atom is 0.410 e. The quantitative estimate of drug-likeness (QED) is 0.739. The molecule has 2 N–H and O–H groups in total. The highest BCUT2D eigenvalue weighted by Crippen LogP contribution is 2.39. The Hall–Kier alpha value is -2.55. The monoisotopic (exact) mass is 423 g/mol. The van der Waals surface area contributed by atoms with Crippen LogP contribution in [0.15, 0.2) is 30.3 Å². The van der Waals surface area contributed by atoms with Crippen molar-refractivity contribution in [2.75, 3.05) is 26.0 Å². The van der Waals surface area contributed by atoms with Crippen molar-refractivity contribution in [2.24, 2.45) is 0 Å². The molecule has 3 atom stereocenters. The maximum atomic E-state index is 13.5. The van der Waals surface area contributed by atoms with Gasteiger partial charge in [-0.1, -0.05) is 36.8 Å². The highest BCUT2D eigenvalue weighted by atomic mass is 19.4. The number of rotatable bonds is 6. The van der Waals surface area contributed by atoms with Crippen LogP contribution < -0.4 is 10.6 Å². The number of likely N-dealkylation sites (N-methyl/N-ethyl adjacent to an activating group) is 1. The molecule has 30 heavy (non-hydrogen) atoms. The number of halogens is 3. The number of aromatic nitrogens is 2. The predicted molar refractivity (Wildman–Crippen MR) is 110 cm³/mol. The van der Waals surface area contributed by atoms with E-state index < -0.39 is 18.1 Å². The Morgan fingerprint density at radius 1 is 1.33 bits per heavy atom. The van der Waals surface area contributed by atoms with E-state index in [0.29, 0.717) is 13.0 Å². The van der Waals surface area contributed by atoms with Crippen molar-refractivity contribution in [3.05, 3.63) is 47.2 Å². The van der Waals surface area contributed by atoms with E-state index in [4.69, 9.17) is 0 Å². The first-order valence-corrected chi connectivity index (χ1v) is 10.0. The topological polar surface area (TPSA) is 62.2 Å². The second-order valence-electron chi connectivity index (χ2n) is 8.00. The van der Waals surface area contributed by atoms with Gasteiger partial charge in [-0.25, -0.2) is 4.68 Å². The van der Waals surface area contributed by atoms with E-state index in [1.165, 1.54) is 6.07 Å². The predicted octanol–water partition coefficient (Wildman–Crippen LogP) is 3.92. The highest BCUT2D eigenvalue weighted by Gasteiger charge is 2.46. The summed E-state index contributed by atoms with van der Waals surface area (Å²) in [5, 5.41) is 9.85. The van der Waals surface area contributed by atoms with Crippen LogP contribution in [0, 0.1) is 6.92 Å². The van der Waals surface area contributed by atoms with Gasteiger partial charge in [0.05, 0.1) is 6.04 Å². The van der Waals surface area contributed by atoms with Crippen LogP contribution in [0.2, 0.25) is 0 Å². The summed E-state index contributed by atoms with van der Waals surface area (Å²) in [6.07, 6.45) is -3.97. The Balaban J connectivity index is 1.76. The number of benzene rings is 1. The number of carbonyl (C=O) groups is 1. The van der Waals surface area contributed by atoms with Crippen LogP contribution in [0.4, 0.5) is 19.0 Å². The molecule has 0 fully saturated rings. The first-order valence-electron chi connectivity index (χ1n) is 10.0. The lowest BCUT2D eigenvalue weighted by Crippen LogP contribution is -2.39. The molecule has 6 nitrogen and oxygen atoms in total. The molecule has 1 aromatic carbocycles. The van der Waals surface area contributed by atoms with E-state index in [1.807, 2.05) is 57.1 Å². The molecule has 1 amide bonds. The first kappa shape index (κ1) is 22.1. The van der Waals surface area contributed by atoms with Gasteiger partial charge in [-0.05, 0) is 39.4 Å². The number of amides is 1. The van der Waals surface area contributed by atoms with Crippen molar-refractivity contribution in [1.29, 1.82) is 0 Å². The minimum absolute atomic E-state index is 0.0232. The molecular formula is C21H28F3N5O. The second-order valence-corrected chi connectivity index (χ2v) is 8.00. The number of hydrogen-bond acceptors (Lipinski definition) is 4. The Morgan fingerprint density at radius 2 is 2.00 bits per heavy atom. The Labute approximate surface area is 174 Å². The van der Waals surface area contributed by atoms with Crippen molar-refractivity contribution in [1.82, 2.24) is 20.0 Å². The van der Waals surface area contributed by atoms with Crippen molar-refractivity contribution < 1.29 is 18.0 Å². The second kappa shape index (κ2) is 8.67. The maximum absolute atomic E-state index is 13.5. The molecule has 0 saturated heterocycles. The van der Waals surface area contributed by atoms with E-state index in [-0.39, 0.29) is 30.0 Å². The molecular weight excluding hydrogens is 395 g/mol. The zero-order chi connectivity index (χ0) is 22.1. The SMILES string of the molecule is CC[C@@H]1C[C@H](C(F)(F)F)n2nc(C(=O)NC[C@H](c3ccc(C)cc3)N(C)C)cc2N1. The molecule has 0 bridgehead atoms. The minimum Gasteiger partial charge on any atom is -0.367 e. The fourth-order valence-corrected chi connectivity index (χ4v) is 3.70. The average Bonchev–Trinajstić information content (AvgIpc) is 3.11. The normalized spacial score (nSPS) is 19.9. The van der Waals surface area contributed by atoms with Gasteiger partial charge in [-0.3, -0.25) is 4.79 Å². The van der Waals surface area contributed by atoms with Crippen LogP contribution in [-0.4, -0.2) is 53.4 Å². The summed E-state index contributed by atoms with van der Waals surface area (Å²) in [4.78, 5) is 14.7. The van der Waals surface area contributed by atoms with Gasteiger partial charge in [-0.2, -0.15) is 18.3 Å². The van der Waals surface area contributed by atoms with Gasteiger partial charge in [0.25, 0.3) is 5.91 Å². The van der Waals surface area contributed by atoms with Crippen molar-refractivity contribution in [3.63, 3.8) is 0 Å². The van der Waals surface area contributed by atoms with Crippen LogP contribution >= 0.6 is 0 Å². The summed E-state index contributed by atoms with van der Waals surface area (Å²) in [7, 11) is 3.82. The lowest BCUT2D eigenvalue weighted by atomic mass is 10.0. The van der Waals surface area contributed by atoms with E-state index in [0.717, 1.165) is 15.8 Å². The number of nitrogens with one attached hydrogen (secondary N) is 2. The zero-order valence-corrected chi connectivity index (χ0v) is 17.6. The van der Waals surface area contributed by atoms with Crippen LogP contribution in [-0.2, 0) is 0 Å². The van der Waals surface area contributed by atoms with Crippen molar-refractivity contribution in [2.45, 2.75) is 51.0 Å². The third kappa shape index (κ3) is 4.77. The molecule has 3 rings (SSSR count). The molecule has 2 aromatic rings. The highest BCUT2D eigenvalue weighted by molar-refractivity contribution is 5.93. The number of carbonyl (C=O) groups excluding carboxylic acids is 1. The number of anilines is 1. The molecule has 1 aliphatic rings. The van der Waals surface area contributed by atoms with E-state index >= 15 is 0 Å². The summed E-state index contributed by atoms with van der Waals surface area (Å²) < 4.78 is 41.4. The van der Waals surface area contributed by atoms with Gasteiger partial charge in [-0.15, -0.1) is 0 Å². The standard InChI is InChI=1S/C21H28F3N5O/c1-5-15-10-18(21(22,23)24)29-19(26-15)11-16(27-29)20(30)25-12-17(28(3)4)14-8-6-13(2)7-9-14/h6-9,11,15,17-18,26H,5,10,12H2,1-4H3,(H,25,30)/t15-,17-,18-/m1/s1. The number of hydrogen-bond donors (Lipinski definition) is 2. The largest absolute Gasteiger partial charge is 0.410 e. The number of fused-ring (bicyclic) bond motifs is 1. The molecule has 1 aliphatic heterocycles. The Morgan fingerprint density at radius 3 is 2.57 bits per heavy atom. The zero-order valence-electron chi connectivity index (χ0n) is 17.6. The molecule has 164 valence electrons. The summed E-state index contributed by atoms with van der Waals surface area (Å²) in [6, 6.07) is 7.30. The van der Waals surface area contributed by atoms with Crippen LogP contribution in [0.1, 0.15) is 53.5 Å². The Bertz CT molecular complexity index is 876. The molecule has 0 spiro atoms. The summed E-state index contributed by atoms with van der Waals surface area (Å²) >= 11 is 0. The molecule has 2 heterocycles. The fraction of sp³-hybridized carbons (Fsp3) is 0.524. The summed E-state index contributed by atoms with van der Waals surface area (Å²) in [6.45, 7) is 4.14. The van der Waals surface area contributed by atoms with E-state index in [2.05, 4.69) is 15.7 Å². The molecule has 0 saturated carbocycles. The Kier molecular flexibility index (Phi) is 6.40. The smallest absolute Gasteiger partial charge is 0.367 e. The number of nitrogens with zero attached hydrogens (tertiary/aromatic N) is 3. The number of alkyl halides is 3. The van der Waals surface area contributed by atoms with E-state index in [1.54, 1.807) is 0 Å². The van der Waals surface area contributed by atoms with Gasteiger partial charge in [0.2, 0.25) is 0 Å².